The molecule has 0 saturated carbocycles. The topological polar surface area (TPSA) is 90.4 Å². The molecule has 1 aromatic carbocycles. The molecule has 0 aliphatic carbocycles. The van der Waals surface area contributed by atoms with Crippen LogP contribution in [0, 0.1) is 0 Å². The molecular formula is C16H20ClN3O3. The highest BCUT2D eigenvalue weighted by Gasteiger charge is 2.29. The first-order chi connectivity index (χ1) is 10.8. The minimum absolute atomic E-state index is 0. The van der Waals surface area contributed by atoms with Crippen LogP contribution in [0.2, 0.25) is 0 Å². The number of benzene rings is 1. The van der Waals surface area contributed by atoms with Crippen molar-refractivity contribution in [3.63, 3.8) is 0 Å². The van der Waals surface area contributed by atoms with Gasteiger partial charge < -0.3 is 20.2 Å². The summed E-state index contributed by atoms with van der Waals surface area (Å²) in [6.45, 7) is 0.774. The number of nitrogens with zero attached hydrogens (tertiary/aromatic N) is 1. The third-order valence-corrected chi connectivity index (χ3v) is 3.68. The Hall–Kier alpha value is -1.89. The number of ether oxygens (including phenoxy) is 1. The summed E-state index contributed by atoms with van der Waals surface area (Å²) in [5, 5.41) is 2.82. The lowest BCUT2D eigenvalue weighted by Gasteiger charge is -2.11. The number of oxazole rings is 1. The lowest BCUT2D eigenvalue weighted by atomic mass is 10.2. The Kier molecular flexibility index (Phi) is 6.15. The van der Waals surface area contributed by atoms with Crippen molar-refractivity contribution in [1.29, 1.82) is 0 Å². The standard InChI is InChI=1S/C16H19N3O3.ClH/c17-8-13-6-7-14(22-13)15(20)18-9-12-10-21-16(19-12)11-4-2-1-3-5-11;/h1-5,10,13-14H,6-9,17H2,(H,18,20);1H/t13-,14+;/m1./s1. The number of hydrogen-bond acceptors (Lipinski definition) is 5. The van der Waals surface area contributed by atoms with Gasteiger partial charge in [-0.1, -0.05) is 18.2 Å². The van der Waals surface area contributed by atoms with Crippen molar-refractivity contribution in [3.8, 4) is 11.5 Å². The minimum atomic E-state index is -0.408. The monoisotopic (exact) mass is 337 g/mol. The van der Waals surface area contributed by atoms with Crippen LogP contribution in [0.3, 0.4) is 0 Å². The van der Waals surface area contributed by atoms with Crippen LogP contribution < -0.4 is 11.1 Å². The van der Waals surface area contributed by atoms with Gasteiger partial charge in [0.25, 0.3) is 0 Å². The van der Waals surface area contributed by atoms with E-state index in [2.05, 4.69) is 10.3 Å². The molecule has 2 atom stereocenters. The molecule has 1 amide bonds. The molecule has 1 aliphatic heterocycles. The van der Waals surface area contributed by atoms with Gasteiger partial charge >= 0.3 is 0 Å². The smallest absolute Gasteiger partial charge is 0.249 e. The van der Waals surface area contributed by atoms with Gasteiger partial charge in [0.1, 0.15) is 12.4 Å². The van der Waals surface area contributed by atoms with E-state index in [4.69, 9.17) is 14.9 Å². The number of halogens is 1. The van der Waals surface area contributed by atoms with Crippen molar-refractivity contribution < 1.29 is 13.9 Å². The summed E-state index contributed by atoms with van der Waals surface area (Å²) >= 11 is 0. The predicted octanol–water partition coefficient (Wildman–Crippen LogP) is 1.89. The lowest BCUT2D eigenvalue weighted by Crippen LogP contribution is -2.35. The zero-order chi connectivity index (χ0) is 15.4. The van der Waals surface area contributed by atoms with Crippen LogP contribution in [0.4, 0.5) is 0 Å². The SMILES string of the molecule is Cl.NC[C@H]1CC[C@@H](C(=O)NCc2coc(-c3ccccc3)n2)O1. The number of nitrogens with two attached hydrogens (primary N) is 1. The highest BCUT2D eigenvalue weighted by molar-refractivity contribution is 5.85. The second kappa shape index (κ2) is 8.10. The molecule has 0 radical (unpaired) electrons. The Balaban J connectivity index is 0.00000192. The van der Waals surface area contributed by atoms with Gasteiger partial charge in [-0.05, 0) is 25.0 Å². The normalized spacial score (nSPS) is 20.0. The van der Waals surface area contributed by atoms with Gasteiger partial charge in [-0.15, -0.1) is 12.4 Å². The van der Waals surface area contributed by atoms with E-state index in [1.165, 1.54) is 0 Å². The number of nitrogens with one attached hydrogen (secondary N) is 1. The summed E-state index contributed by atoms with van der Waals surface area (Å²) in [7, 11) is 0. The van der Waals surface area contributed by atoms with Gasteiger partial charge in [-0.25, -0.2) is 4.98 Å². The molecule has 1 saturated heterocycles. The number of hydrogen-bond donors (Lipinski definition) is 2. The van der Waals surface area contributed by atoms with Crippen molar-refractivity contribution >= 4 is 18.3 Å². The number of carbonyl (C=O) groups is 1. The summed E-state index contributed by atoms with van der Waals surface area (Å²) in [4.78, 5) is 16.4. The Morgan fingerprint density at radius 3 is 2.78 bits per heavy atom. The average Bonchev–Trinajstić information content (AvgIpc) is 3.22. The van der Waals surface area contributed by atoms with Crippen molar-refractivity contribution in [2.75, 3.05) is 6.54 Å². The van der Waals surface area contributed by atoms with Gasteiger partial charge in [-0.3, -0.25) is 4.79 Å². The molecule has 2 aromatic rings. The quantitative estimate of drug-likeness (QED) is 0.869. The molecule has 3 N–H and O–H groups in total. The lowest BCUT2D eigenvalue weighted by molar-refractivity contribution is -0.132. The van der Waals surface area contributed by atoms with Gasteiger partial charge in [0, 0.05) is 12.1 Å². The second-order valence-corrected chi connectivity index (χ2v) is 5.29. The fraction of sp³-hybridized carbons (Fsp3) is 0.375. The Morgan fingerprint density at radius 1 is 1.30 bits per heavy atom. The van der Waals surface area contributed by atoms with E-state index in [1.54, 1.807) is 6.26 Å². The molecule has 23 heavy (non-hydrogen) atoms. The summed E-state index contributed by atoms with van der Waals surface area (Å²) in [6, 6.07) is 9.63. The molecule has 124 valence electrons. The van der Waals surface area contributed by atoms with Crippen molar-refractivity contribution in [2.24, 2.45) is 5.73 Å². The Labute approximate surface area is 140 Å². The van der Waals surface area contributed by atoms with E-state index in [9.17, 15) is 4.79 Å². The van der Waals surface area contributed by atoms with Crippen molar-refractivity contribution in [1.82, 2.24) is 10.3 Å². The molecule has 0 unspecified atom stereocenters. The maximum atomic E-state index is 12.0. The second-order valence-electron chi connectivity index (χ2n) is 5.29. The van der Waals surface area contributed by atoms with E-state index in [0.717, 1.165) is 12.0 Å². The Bertz CT molecular complexity index is 633. The van der Waals surface area contributed by atoms with E-state index >= 15 is 0 Å². The van der Waals surface area contributed by atoms with E-state index < -0.39 is 6.10 Å². The van der Waals surface area contributed by atoms with Crippen LogP contribution >= 0.6 is 12.4 Å². The molecule has 7 heteroatoms. The first-order valence-electron chi connectivity index (χ1n) is 7.39. The maximum absolute atomic E-state index is 12.0. The van der Waals surface area contributed by atoms with Crippen LogP contribution in [0.15, 0.2) is 41.0 Å². The molecule has 1 aromatic heterocycles. The van der Waals surface area contributed by atoms with E-state index in [0.29, 0.717) is 31.1 Å². The van der Waals surface area contributed by atoms with Crippen LogP contribution in [-0.2, 0) is 16.1 Å². The number of aromatic nitrogens is 1. The third-order valence-electron chi connectivity index (χ3n) is 3.68. The molecule has 1 fully saturated rings. The largest absolute Gasteiger partial charge is 0.444 e. The summed E-state index contributed by atoms with van der Waals surface area (Å²) < 4.78 is 11.0. The van der Waals surface area contributed by atoms with Gasteiger partial charge in [0.05, 0.1) is 18.3 Å². The fourth-order valence-corrected chi connectivity index (χ4v) is 2.46. The summed E-state index contributed by atoms with van der Waals surface area (Å²) in [6.07, 6.45) is 2.68. The molecule has 6 nitrogen and oxygen atoms in total. The third kappa shape index (κ3) is 4.31. The number of carbonyl (C=O) groups excluding carboxylic acids is 1. The van der Waals surface area contributed by atoms with Crippen LogP contribution in [0.25, 0.3) is 11.5 Å². The maximum Gasteiger partial charge on any atom is 0.249 e. The zero-order valence-electron chi connectivity index (χ0n) is 12.6. The molecule has 1 aliphatic rings. The van der Waals surface area contributed by atoms with E-state index in [-0.39, 0.29) is 24.4 Å². The van der Waals surface area contributed by atoms with Gasteiger partial charge in [-0.2, -0.15) is 0 Å². The predicted molar refractivity (Wildman–Crippen MR) is 88.0 cm³/mol. The van der Waals surface area contributed by atoms with Gasteiger partial charge in [0.2, 0.25) is 11.8 Å². The molecule has 0 spiro atoms. The highest BCUT2D eigenvalue weighted by Crippen LogP contribution is 2.20. The average molecular weight is 338 g/mol. The fourth-order valence-electron chi connectivity index (χ4n) is 2.46. The highest BCUT2D eigenvalue weighted by atomic mass is 35.5. The zero-order valence-corrected chi connectivity index (χ0v) is 13.4. The summed E-state index contributed by atoms with van der Waals surface area (Å²) in [5.41, 5.74) is 7.13. The first kappa shape index (κ1) is 17.5. The van der Waals surface area contributed by atoms with Crippen LogP contribution in [-0.4, -0.2) is 29.6 Å². The van der Waals surface area contributed by atoms with Crippen molar-refractivity contribution in [2.45, 2.75) is 31.6 Å². The van der Waals surface area contributed by atoms with Crippen LogP contribution in [0.5, 0.6) is 0 Å². The number of rotatable bonds is 5. The molecule has 3 rings (SSSR count). The molecular weight excluding hydrogens is 318 g/mol. The summed E-state index contributed by atoms with van der Waals surface area (Å²) in [5.74, 6) is 0.422. The minimum Gasteiger partial charge on any atom is -0.444 e. The molecule has 2 heterocycles. The van der Waals surface area contributed by atoms with Gasteiger partial charge in [0.15, 0.2) is 0 Å². The Morgan fingerprint density at radius 2 is 2.09 bits per heavy atom. The first-order valence-corrected chi connectivity index (χ1v) is 7.39. The van der Waals surface area contributed by atoms with Crippen molar-refractivity contribution in [3.05, 3.63) is 42.3 Å². The number of amides is 1. The van der Waals surface area contributed by atoms with E-state index in [1.807, 2.05) is 30.3 Å². The molecule has 0 bridgehead atoms. The van der Waals surface area contributed by atoms with Crippen LogP contribution in [0.1, 0.15) is 18.5 Å².